The van der Waals surface area contributed by atoms with E-state index in [4.69, 9.17) is 0 Å². The number of urea groups is 1. The van der Waals surface area contributed by atoms with Gasteiger partial charge in [0.1, 0.15) is 0 Å². The van der Waals surface area contributed by atoms with Gasteiger partial charge in [-0.2, -0.15) is 0 Å². The van der Waals surface area contributed by atoms with Gasteiger partial charge in [0.2, 0.25) is 0 Å². The summed E-state index contributed by atoms with van der Waals surface area (Å²) >= 11 is 6.64. The lowest BCUT2D eigenvalue weighted by molar-refractivity contribution is 0.216. The molecule has 1 atom stereocenters. The highest BCUT2D eigenvalue weighted by molar-refractivity contribution is 9.50. The molecule has 1 fully saturated rings. The van der Waals surface area contributed by atoms with Gasteiger partial charge in [-0.1, -0.05) is 43.9 Å². The topological polar surface area (TPSA) is 52.6 Å². The summed E-state index contributed by atoms with van der Waals surface area (Å²) < 4.78 is 0. The molecule has 0 aromatic heterocycles. The van der Waals surface area contributed by atoms with Crippen LogP contribution in [-0.2, 0) is 0 Å². The second-order valence-corrected chi connectivity index (χ2v) is 16.1. The molecule has 0 aromatic rings. The lowest BCUT2D eigenvalue weighted by Crippen LogP contribution is -2.33. The molecule has 88 valence electrons. The Morgan fingerprint density at radius 3 is 2.73 bits per heavy atom. The third-order valence-corrected chi connectivity index (χ3v) is 8.24. The van der Waals surface area contributed by atoms with Crippen LogP contribution in [0, 0.1) is 0 Å². The Morgan fingerprint density at radius 2 is 2.33 bits per heavy atom. The van der Waals surface area contributed by atoms with E-state index >= 15 is 0 Å². The van der Waals surface area contributed by atoms with Crippen molar-refractivity contribution in [1.29, 1.82) is 0 Å². The average molecular weight is 360 g/mol. The van der Waals surface area contributed by atoms with E-state index in [1.54, 1.807) is 4.90 Å². The fraction of sp³-hybridized carbons (Fsp3) is 0.875. The van der Waals surface area contributed by atoms with Crippen molar-refractivity contribution in [3.05, 3.63) is 0 Å². The smallest absolute Gasteiger partial charge is 0.336 e. The van der Waals surface area contributed by atoms with Gasteiger partial charge < -0.3 is 15.0 Å². The molecule has 1 rings (SSSR count). The summed E-state index contributed by atoms with van der Waals surface area (Å²) in [6.07, 6.45) is 1.75. The molecule has 2 amide bonds. The van der Waals surface area contributed by atoms with Crippen LogP contribution in [0.4, 0.5) is 4.79 Å². The number of rotatable bonds is 5. The number of carbonyl (C=O) groups excluding carboxylic acids is 1. The molecule has 2 N–H and O–H groups in total. The summed E-state index contributed by atoms with van der Waals surface area (Å²) in [6.45, 7) is 4.28. The third kappa shape index (κ3) is 4.05. The quantitative estimate of drug-likeness (QED) is 0.581. The van der Waals surface area contributed by atoms with Gasteiger partial charge in [-0.05, 0) is 12.0 Å². The number of hydrogen-bond donors (Lipinski definition) is 2. The maximum Gasteiger partial charge on any atom is 0.336 e. The van der Waals surface area contributed by atoms with Gasteiger partial charge in [-0.15, -0.1) is 0 Å². The fourth-order valence-electron chi connectivity index (χ4n) is 1.66. The minimum Gasteiger partial charge on any atom is -0.415 e. The van der Waals surface area contributed by atoms with Crippen LogP contribution in [-0.4, -0.2) is 40.9 Å². The third-order valence-electron chi connectivity index (χ3n) is 2.68. The summed E-state index contributed by atoms with van der Waals surface area (Å²) in [5.41, 5.74) is -2.19. The van der Waals surface area contributed by atoms with Crippen LogP contribution in [0.1, 0.15) is 19.8 Å². The molecule has 1 unspecified atom stereocenters. The molecule has 1 aliphatic heterocycles. The van der Waals surface area contributed by atoms with Gasteiger partial charge in [0.15, 0.2) is 0 Å². The van der Waals surface area contributed by atoms with Crippen LogP contribution in [0.5, 0.6) is 0 Å². The van der Waals surface area contributed by atoms with Crippen molar-refractivity contribution in [3.8, 4) is 0 Å². The molecule has 1 aliphatic rings. The number of amides is 2. The summed E-state index contributed by atoms with van der Waals surface area (Å²) in [5, 5.41) is 2.76. The van der Waals surface area contributed by atoms with Crippen LogP contribution < -0.4 is 5.32 Å². The molecule has 1 heterocycles. The van der Waals surface area contributed by atoms with E-state index in [2.05, 4.69) is 42.8 Å². The van der Waals surface area contributed by atoms with Gasteiger partial charge in [-0.25, -0.2) is 4.79 Å². The first-order valence-corrected chi connectivity index (χ1v) is 11.6. The monoisotopic (exact) mass is 358 g/mol. The van der Waals surface area contributed by atoms with Crippen LogP contribution >= 0.6 is 30.6 Å². The van der Waals surface area contributed by atoms with Crippen molar-refractivity contribution >= 4 is 42.2 Å². The molecule has 4 nitrogen and oxygen atoms in total. The van der Waals surface area contributed by atoms with Crippen molar-refractivity contribution in [2.45, 2.75) is 25.3 Å². The molecule has 1 saturated heterocycles. The number of nitrogens with zero attached hydrogens (tertiary/aromatic N) is 1. The largest absolute Gasteiger partial charge is 0.415 e. The number of carbonyl (C=O) groups is 1. The zero-order chi connectivity index (χ0) is 11.5. The van der Waals surface area contributed by atoms with Crippen LogP contribution in [0.25, 0.3) is 0 Å². The minimum atomic E-state index is -2.41. The number of nitrogens with one attached hydrogen (secondary N) is 1. The fourth-order valence-corrected chi connectivity index (χ4v) is 5.94. The predicted molar refractivity (Wildman–Crippen MR) is 69.5 cm³/mol. The Balaban J connectivity index is 2.37. The first kappa shape index (κ1) is 13.5. The first-order chi connectivity index (χ1) is 6.95. The first-order valence-electron chi connectivity index (χ1n) is 5.08. The maximum atomic E-state index is 11.3. The molecule has 0 radical (unpaired) electrons. The zero-order valence-electron chi connectivity index (χ0n) is 8.67. The zero-order valence-corrected chi connectivity index (χ0v) is 12.8. The van der Waals surface area contributed by atoms with Crippen molar-refractivity contribution in [2.75, 3.05) is 19.6 Å². The number of halogens is 2. The van der Waals surface area contributed by atoms with E-state index < -0.39 is 5.56 Å². The molecular formula is C8H16Br2N2O2Si. The normalized spacial score (nSPS) is 19.2. The van der Waals surface area contributed by atoms with E-state index in [1.807, 2.05) is 0 Å². The summed E-state index contributed by atoms with van der Waals surface area (Å²) in [7, 11) is 0. The SMILES string of the molecule is CCC(CCN1CCNC1=O)[Si](O)(Br)Br. The summed E-state index contributed by atoms with van der Waals surface area (Å²) in [4.78, 5) is 22.9. The summed E-state index contributed by atoms with van der Waals surface area (Å²) in [5.74, 6) is 0. The van der Waals surface area contributed by atoms with Gasteiger partial charge in [0.05, 0.1) is 0 Å². The molecule has 0 saturated carbocycles. The Hall–Kier alpha value is 0.407. The highest BCUT2D eigenvalue weighted by Gasteiger charge is 2.34. The Kier molecular flexibility index (Phi) is 5.08. The molecule has 0 aliphatic carbocycles. The van der Waals surface area contributed by atoms with Crippen molar-refractivity contribution in [3.63, 3.8) is 0 Å². The van der Waals surface area contributed by atoms with Crippen LogP contribution in [0.3, 0.4) is 0 Å². The molecule has 15 heavy (non-hydrogen) atoms. The number of hydrogen-bond acceptors (Lipinski definition) is 2. The van der Waals surface area contributed by atoms with Crippen molar-refractivity contribution < 1.29 is 9.59 Å². The van der Waals surface area contributed by atoms with Crippen LogP contribution in [0.2, 0.25) is 5.54 Å². The second-order valence-electron chi connectivity index (χ2n) is 3.70. The maximum absolute atomic E-state index is 11.3. The van der Waals surface area contributed by atoms with Crippen molar-refractivity contribution in [1.82, 2.24) is 10.2 Å². The van der Waals surface area contributed by atoms with E-state index in [9.17, 15) is 9.59 Å². The molecular weight excluding hydrogens is 344 g/mol. The second kappa shape index (κ2) is 5.65. The van der Waals surface area contributed by atoms with Gasteiger partial charge in [-0.3, -0.25) is 0 Å². The minimum absolute atomic E-state index is 0.0132. The van der Waals surface area contributed by atoms with Gasteiger partial charge in [0.25, 0.3) is 0 Å². The lowest BCUT2D eigenvalue weighted by Gasteiger charge is -2.24. The highest BCUT2D eigenvalue weighted by Crippen LogP contribution is 2.36. The van der Waals surface area contributed by atoms with Gasteiger partial charge >= 0.3 is 11.6 Å². The predicted octanol–water partition coefficient (Wildman–Crippen LogP) is 1.90. The van der Waals surface area contributed by atoms with E-state index in [0.717, 1.165) is 32.5 Å². The van der Waals surface area contributed by atoms with Gasteiger partial charge in [0, 0.05) is 19.6 Å². The van der Waals surface area contributed by atoms with Crippen LogP contribution in [0.15, 0.2) is 0 Å². The Bertz CT molecular complexity index is 235. The standard InChI is InChI=1S/C8H16Br2N2O2Si/c1-2-7(15(9,10)14)3-5-12-6-4-11-8(12)13/h7,14H,2-6H2,1H3,(H,11,13). The Labute approximate surface area is 107 Å². The Morgan fingerprint density at radius 1 is 1.67 bits per heavy atom. The van der Waals surface area contributed by atoms with E-state index in [1.165, 1.54) is 0 Å². The molecule has 0 bridgehead atoms. The average Bonchev–Trinajstić information content (AvgIpc) is 2.50. The lowest BCUT2D eigenvalue weighted by atomic mass is 10.2. The molecule has 0 spiro atoms. The summed E-state index contributed by atoms with van der Waals surface area (Å²) in [6, 6.07) is 0.0132. The highest BCUT2D eigenvalue weighted by atomic mass is 79.9. The molecule has 0 aromatic carbocycles. The van der Waals surface area contributed by atoms with E-state index in [0.29, 0.717) is 0 Å². The van der Waals surface area contributed by atoms with E-state index in [-0.39, 0.29) is 11.6 Å². The van der Waals surface area contributed by atoms with Crippen molar-refractivity contribution in [2.24, 2.45) is 0 Å². The molecule has 7 heteroatoms.